The summed E-state index contributed by atoms with van der Waals surface area (Å²) in [6.45, 7) is 9.68. The largest absolute Gasteiger partial charge is 0.379 e. The van der Waals surface area contributed by atoms with E-state index in [-0.39, 0.29) is 5.60 Å². The summed E-state index contributed by atoms with van der Waals surface area (Å²) in [5.41, 5.74) is 5.80. The van der Waals surface area contributed by atoms with Crippen molar-refractivity contribution < 1.29 is 4.74 Å². The predicted molar refractivity (Wildman–Crippen MR) is 63.9 cm³/mol. The van der Waals surface area contributed by atoms with E-state index in [1.54, 1.807) is 7.11 Å². The van der Waals surface area contributed by atoms with Crippen LogP contribution in [0, 0.1) is 5.92 Å². The van der Waals surface area contributed by atoms with Crippen molar-refractivity contribution in [1.29, 1.82) is 0 Å². The third-order valence-electron chi connectivity index (χ3n) is 3.79. The fourth-order valence-electron chi connectivity index (χ4n) is 2.26. The van der Waals surface area contributed by atoms with Crippen LogP contribution in [0.5, 0.6) is 0 Å². The molecule has 0 aromatic heterocycles. The molecule has 1 fully saturated rings. The molecule has 0 bridgehead atoms. The first-order valence-electron chi connectivity index (χ1n) is 5.99. The molecule has 0 aliphatic carbocycles. The lowest BCUT2D eigenvalue weighted by atomic mass is 10.0. The maximum absolute atomic E-state index is 5.81. The second-order valence-electron chi connectivity index (χ2n) is 5.32. The molecule has 0 radical (unpaired) electrons. The minimum absolute atomic E-state index is 0.00895. The SMILES string of the molecule is COC(C)(C)CCN1CCC(C)C1CN. The van der Waals surface area contributed by atoms with Crippen molar-refractivity contribution in [2.45, 2.75) is 45.3 Å². The number of likely N-dealkylation sites (tertiary alicyclic amines) is 1. The van der Waals surface area contributed by atoms with Gasteiger partial charge in [0.05, 0.1) is 5.60 Å². The molecule has 1 aliphatic heterocycles. The molecule has 0 aromatic carbocycles. The van der Waals surface area contributed by atoms with Gasteiger partial charge in [-0.1, -0.05) is 6.92 Å². The maximum atomic E-state index is 5.81. The van der Waals surface area contributed by atoms with Gasteiger partial charge in [-0.2, -0.15) is 0 Å². The number of rotatable bonds is 5. The Balaban J connectivity index is 2.39. The first kappa shape index (κ1) is 12.9. The highest BCUT2D eigenvalue weighted by molar-refractivity contribution is 4.86. The van der Waals surface area contributed by atoms with E-state index in [2.05, 4.69) is 25.7 Å². The third kappa shape index (κ3) is 3.44. The Kier molecular flexibility index (Phi) is 4.56. The number of nitrogens with zero attached hydrogens (tertiary/aromatic N) is 1. The zero-order valence-electron chi connectivity index (χ0n) is 10.6. The van der Waals surface area contributed by atoms with E-state index < -0.39 is 0 Å². The van der Waals surface area contributed by atoms with Crippen LogP contribution in [-0.2, 0) is 4.74 Å². The van der Waals surface area contributed by atoms with Gasteiger partial charge >= 0.3 is 0 Å². The molecule has 1 saturated heterocycles. The molecule has 90 valence electrons. The highest BCUT2D eigenvalue weighted by Crippen LogP contribution is 2.24. The Morgan fingerprint density at radius 2 is 2.13 bits per heavy atom. The Morgan fingerprint density at radius 1 is 1.47 bits per heavy atom. The zero-order valence-corrected chi connectivity index (χ0v) is 10.6. The van der Waals surface area contributed by atoms with Gasteiger partial charge in [-0.25, -0.2) is 0 Å². The fraction of sp³-hybridized carbons (Fsp3) is 1.00. The summed E-state index contributed by atoms with van der Waals surface area (Å²) in [5.74, 6) is 0.751. The lowest BCUT2D eigenvalue weighted by molar-refractivity contribution is 0.00618. The molecule has 15 heavy (non-hydrogen) atoms. The monoisotopic (exact) mass is 214 g/mol. The molecule has 0 spiro atoms. The van der Waals surface area contributed by atoms with Crippen molar-refractivity contribution in [3.63, 3.8) is 0 Å². The van der Waals surface area contributed by atoms with Crippen molar-refractivity contribution in [1.82, 2.24) is 4.90 Å². The number of hydrogen-bond acceptors (Lipinski definition) is 3. The molecule has 2 unspecified atom stereocenters. The quantitative estimate of drug-likeness (QED) is 0.753. The van der Waals surface area contributed by atoms with Crippen molar-refractivity contribution >= 4 is 0 Å². The van der Waals surface area contributed by atoms with Crippen LogP contribution < -0.4 is 5.73 Å². The standard InChI is InChI=1S/C12H26N2O/c1-10-5-7-14(11(10)9-13)8-6-12(2,3)15-4/h10-11H,5-9,13H2,1-4H3. The molecular formula is C12H26N2O. The molecule has 3 heteroatoms. The van der Waals surface area contributed by atoms with E-state index >= 15 is 0 Å². The van der Waals surface area contributed by atoms with Crippen molar-refractivity contribution in [2.75, 3.05) is 26.7 Å². The van der Waals surface area contributed by atoms with Gasteiger partial charge in [-0.15, -0.1) is 0 Å². The Morgan fingerprint density at radius 3 is 2.67 bits per heavy atom. The van der Waals surface area contributed by atoms with Gasteiger partial charge in [0, 0.05) is 26.2 Å². The molecular weight excluding hydrogens is 188 g/mol. The number of nitrogens with two attached hydrogens (primary N) is 1. The summed E-state index contributed by atoms with van der Waals surface area (Å²) in [4.78, 5) is 2.52. The van der Waals surface area contributed by atoms with Crippen LogP contribution in [-0.4, -0.2) is 43.3 Å². The van der Waals surface area contributed by atoms with Crippen molar-refractivity contribution in [3.05, 3.63) is 0 Å². The summed E-state index contributed by atoms with van der Waals surface area (Å²) >= 11 is 0. The smallest absolute Gasteiger partial charge is 0.0634 e. The van der Waals surface area contributed by atoms with E-state index in [0.29, 0.717) is 6.04 Å². The predicted octanol–water partition coefficient (Wildman–Crippen LogP) is 1.47. The van der Waals surface area contributed by atoms with E-state index in [0.717, 1.165) is 25.4 Å². The lowest BCUT2D eigenvalue weighted by Gasteiger charge is -2.30. The molecule has 2 N–H and O–H groups in total. The maximum Gasteiger partial charge on any atom is 0.0634 e. The number of methoxy groups -OCH3 is 1. The van der Waals surface area contributed by atoms with Crippen LogP contribution in [0.2, 0.25) is 0 Å². The normalized spacial score (nSPS) is 28.6. The molecule has 0 aromatic rings. The molecule has 1 heterocycles. The molecule has 2 atom stereocenters. The second kappa shape index (κ2) is 5.28. The summed E-state index contributed by atoms with van der Waals surface area (Å²) < 4.78 is 5.44. The van der Waals surface area contributed by atoms with Gasteiger partial charge in [0.2, 0.25) is 0 Å². The fourth-order valence-corrected chi connectivity index (χ4v) is 2.26. The van der Waals surface area contributed by atoms with E-state index in [4.69, 9.17) is 10.5 Å². The molecule has 1 aliphatic rings. The van der Waals surface area contributed by atoms with Crippen LogP contribution in [0.4, 0.5) is 0 Å². The summed E-state index contributed by atoms with van der Waals surface area (Å²) in [6, 6.07) is 0.581. The minimum Gasteiger partial charge on any atom is -0.379 e. The van der Waals surface area contributed by atoms with Crippen LogP contribution in [0.25, 0.3) is 0 Å². The van der Waals surface area contributed by atoms with Gasteiger partial charge < -0.3 is 10.5 Å². The van der Waals surface area contributed by atoms with E-state index in [1.165, 1.54) is 13.0 Å². The number of ether oxygens (including phenoxy) is 1. The van der Waals surface area contributed by atoms with Gasteiger partial charge in [-0.3, -0.25) is 4.90 Å². The Hall–Kier alpha value is -0.120. The Labute approximate surface area is 94.0 Å². The minimum atomic E-state index is -0.00895. The molecule has 0 amide bonds. The average Bonchev–Trinajstić information content (AvgIpc) is 2.56. The molecule has 0 saturated carbocycles. The van der Waals surface area contributed by atoms with Crippen LogP contribution in [0.1, 0.15) is 33.6 Å². The van der Waals surface area contributed by atoms with Gasteiger partial charge in [0.25, 0.3) is 0 Å². The van der Waals surface area contributed by atoms with E-state index in [1.807, 2.05) is 0 Å². The average molecular weight is 214 g/mol. The topological polar surface area (TPSA) is 38.5 Å². The highest BCUT2D eigenvalue weighted by atomic mass is 16.5. The van der Waals surface area contributed by atoms with Gasteiger partial charge in [-0.05, 0) is 39.2 Å². The zero-order chi connectivity index (χ0) is 11.5. The second-order valence-corrected chi connectivity index (χ2v) is 5.32. The van der Waals surface area contributed by atoms with Crippen molar-refractivity contribution in [2.24, 2.45) is 11.7 Å². The van der Waals surface area contributed by atoms with E-state index in [9.17, 15) is 0 Å². The molecule has 3 nitrogen and oxygen atoms in total. The summed E-state index contributed by atoms with van der Waals surface area (Å²) in [7, 11) is 1.78. The molecule has 1 rings (SSSR count). The van der Waals surface area contributed by atoms with Crippen molar-refractivity contribution in [3.8, 4) is 0 Å². The lowest BCUT2D eigenvalue weighted by Crippen LogP contribution is -2.41. The third-order valence-corrected chi connectivity index (χ3v) is 3.79. The Bertz CT molecular complexity index is 194. The first-order valence-corrected chi connectivity index (χ1v) is 5.99. The summed E-state index contributed by atoms with van der Waals surface area (Å²) in [5, 5.41) is 0. The van der Waals surface area contributed by atoms with Crippen LogP contribution in [0.3, 0.4) is 0 Å². The highest BCUT2D eigenvalue weighted by Gasteiger charge is 2.30. The summed E-state index contributed by atoms with van der Waals surface area (Å²) in [6.07, 6.45) is 2.36. The van der Waals surface area contributed by atoms with Gasteiger partial charge in [0.15, 0.2) is 0 Å². The van der Waals surface area contributed by atoms with Crippen LogP contribution in [0.15, 0.2) is 0 Å². The van der Waals surface area contributed by atoms with Gasteiger partial charge in [0.1, 0.15) is 0 Å². The first-order chi connectivity index (χ1) is 7.00. The number of hydrogen-bond donors (Lipinski definition) is 1. The van der Waals surface area contributed by atoms with Crippen LogP contribution >= 0.6 is 0 Å².